The molecule has 1 atom stereocenters. The molecule has 2 nitrogen and oxygen atoms in total. The lowest BCUT2D eigenvalue weighted by Crippen LogP contribution is -2.39. The predicted molar refractivity (Wildman–Crippen MR) is 96.1 cm³/mol. The van der Waals surface area contributed by atoms with Crippen molar-refractivity contribution in [2.75, 3.05) is 18.6 Å². The first kappa shape index (κ1) is 14.8. The Bertz CT molecular complexity index is 694. The molecule has 1 amide bonds. The van der Waals surface area contributed by atoms with Gasteiger partial charge in [0.25, 0.3) is 0 Å². The van der Waals surface area contributed by atoms with Crippen LogP contribution in [0.1, 0.15) is 40.5 Å². The van der Waals surface area contributed by atoms with Gasteiger partial charge >= 0.3 is 0 Å². The Kier molecular flexibility index (Phi) is 3.90. The van der Waals surface area contributed by atoms with Crippen LogP contribution in [-0.4, -0.2) is 24.5 Å². The van der Waals surface area contributed by atoms with Gasteiger partial charge in [-0.1, -0.05) is 48.5 Å². The van der Waals surface area contributed by atoms with Crippen LogP contribution >= 0.6 is 11.8 Å². The largest absolute Gasteiger partial charge is 0.355 e. The predicted octanol–water partition coefficient (Wildman–Crippen LogP) is 3.76. The van der Waals surface area contributed by atoms with Gasteiger partial charge in [0.15, 0.2) is 0 Å². The normalized spacial score (nSPS) is 24.0. The molecule has 23 heavy (non-hydrogen) atoms. The highest BCUT2D eigenvalue weighted by molar-refractivity contribution is 7.99. The molecular weight excluding hydrogens is 302 g/mol. The molecule has 0 fully saturated rings. The van der Waals surface area contributed by atoms with E-state index in [9.17, 15) is 4.79 Å². The molecule has 1 N–H and O–H groups in total. The van der Waals surface area contributed by atoms with Crippen molar-refractivity contribution >= 4 is 17.7 Å². The molecule has 1 unspecified atom stereocenters. The fraction of sp³-hybridized carbons (Fsp3) is 0.350. The van der Waals surface area contributed by atoms with Gasteiger partial charge < -0.3 is 5.32 Å². The number of amides is 1. The summed E-state index contributed by atoms with van der Waals surface area (Å²) in [5.74, 6) is 2.10. The summed E-state index contributed by atoms with van der Waals surface area (Å²) in [4.78, 5) is 11.9. The Hall–Kier alpha value is -1.74. The molecule has 3 heteroatoms. The van der Waals surface area contributed by atoms with E-state index in [1.807, 2.05) is 6.26 Å². The van der Waals surface area contributed by atoms with Gasteiger partial charge in [0.1, 0.15) is 0 Å². The van der Waals surface area contributed by atoms with Crippen molar-refractivity contribution in [2.24, 2.45) is 5.92 Å². The zero-order chi connectivity index (χ0) is 15.8. The molecule has 0 radical (unpaired) electrons. The van der Waals surface area contributed by atoms with Gasteiger partial charge in [-0.2, -0.15) is 11.8 Å². The van der Waals surface area contributed by atoms with Crippen LogP contribution in [0.25, 0.3) is 0 Å². The molecule has 2 aromatic rings. The van der Waals surface area contributed by atoms with Crippen LogP contribution in [0.2, 0.25) is 0 Å². The number of carbonyl (C=O) groups is 1. The molecule has 0 aliphatic heterocycles. The Balaban J connectivity index is 1.67. The second-order valence-electron chi connectivity index (χ2n) is 6.52. The molecule has 0 saturated heterocycles. The van der Waals surface area contributed by atoms with Crippen molar-refractivity contribution in [2.45, 2.75) is 18.3 Å². The molecule has 2 bridgehead atoms. The van der Waals surface area contributed by atoms with Crippen molar-refractivity contribution in [1.82, 2.24) is 5.32 Å². The Morgan fingerprint density at radius 3 is 2.17 bits per heavy atom. The van der Waals surface area contributed by atoms with E-state index in [4.69, 9.17) is 0 Å². The van der Waals surface area contributed by atoms with Crippen LogP contribution in [0.15, 0.2) is 48.5 Å². The number of thioether (sulfide) groups is 1. The van der Waals surface area contributed by atoms with E-state index < -0.39 is 0 Å². The third-order valence-electron chi connectivity index (χ3n) is 5.26. The molecule has 0 aromatic heterocycles. The summed E-state index contributed by atoms with van der Waals surface area (Å²) in [7, 11) is 0. The van der Waals surface area contributed by atoms with Crippen LogP contribution in [0.5, 0.6) is 0 Å². The van der Waals surface area contributed by atoms with E-state index in [-0.39, 0.29) is 5.91 Å². The molecule has 2 aromatic carbocycles. The highest BCUT2D eigenvalue weighted by atomic mass is 32.2. The van der Waals surface area contributed by atoms with Crippen LogP contribution in [-0.2, 0) is 4.79 Å². The highest BCUT2D eigenvalue weighted by Crippen LogP contribution is 2.54. The van der Waals surface area contributed by atoms with E-state index in [1.54, 1.807) is 11.8 Å². The van der Waals surface area contributed by atoms with E-state index in [2.05, 4.69) is 53.8 Å². The van der Waals surface area contributed by atoms with Crippen molar-refractivity contribution in [3.63, 3.8) is 0 Å². The monoisotopic (exact) mass is 323 g/mol. The number of fused-ring (bicyclic) bond motifs is 1. The number of nitrogens with one attached hydrogen (secondary N) is 1. The minimum Gasteiger partial charge on any atom is -0.355 e. The molecule has 0 spiro atoms. The molecule has 3 aliphatic carbocycles. The van der Waals surface area contributed by atoms with Crippen molar-refractivity contribution in [3.8, 4) is 0 Å². The quantitative estimate of drug-likeness (QED) is 0.928. The second-order valence-corrected chi connectivity index (χ2v) is 7.39. The molecule has 3 aliphatic rings. The Morgan fingerprint density at radius 2 is 1.61 bits per heavy atom. The third kappa shape index (κ3) is 2.47. The summed E-state index contributed by atoms with van der Waals surface area (Å²) in [5, 5.41) is 3.14. The molecule has 118 valence electrons. The van der Waals surface area contributed by atoms with Gasteiger partial charge in [-0.3, -0.25) is 4.79 Å². The maximum Gasteiger partial charge on any atom is 0.229 e. The smallest absolute Gasteiger partial charge is 0.229 e. The fourth-order valence-electron chi connectivity index (χ4n) is 4.39. The summed E-state index contributed by atoms with van der Waals surface area (Å²) in [6.45, 7) is 0.781. The third-order valence-corrected chi connectivity index (χ3v) is 5.81. The standard InChI is InChI=1S/C20H21NOS/c1-23-12-19(22)21-11-13-10-18-14-6-2-4-8-16(14)20(13)17-9-5-3-7-15(17)18/h2-9,13,18,20H,10-12H2,1H3,(H,21,22). The lowest BCUT2D eigenvalue weighted by molar-refractivity contribution is -0.118. The molecular formula is C20H21NOS. The van der Waals surface area contributed by atoms with Gasteiger partial charge in [-0.25, -0.2) is 0 Å². The van der Waals surface area contributed by atoms with Gasteiger partial charge in [-0.05, 0) is 40.8 Å². The first-order valence-corrected chi connectivity index (χ1v) is 9.62. The molecule has 5 rings (SSSR count). The SMILES string of the molecule is CSCC(=O)NCC1CC2c3ccccc3C1c1ccccc12. The van der Waals surface area contributed by atoms with E-state index >= 15 is 0 Å². The van der Waals surface area contributed by atoms with Crippen LogP contribution in [0.3, 0.4) is 0 Å². The first-order valence-electron chi connectivity index (χ1n) is 8.23. The zero-order valence-corrected chi connectivity index (χ0v) is 14.1. The Morgan fingerprint density at radius 1 is 1.04 bits per heavy atom. The lowest BCUT2D eigenvalue weighted by atomic mass is 9.59. The van der Waals surface area contributed by atoms with Crippen LogP contribution in [0.4, 0.5) is 0 Å². The minimum atomic E-state index is 0.153. The summed E-state index contributed by atoms with van der Waals surface area (Å²) in [5.41, 5.74) is 5.91. The maximum atomic E-state index is 11.9. The number of hydrogen-bond acceptors (Lipinski definition) is 2. The van der Waals surface area contributed by atoms with Crippen molar-refractivity contribution < 1.29 is 4.79 Å². The number of carbonyl (C=O) groups excluding carboxylic acids is 1. The summed E-state index contributed by atoms with van der Waals surface area (Å²) < 4.78 is 0. The van der Waals surface area contributed by atoms with Gasteiger partial charge in [0.05, 0.1) is 5.75 Å². The maximum absolute atomic E-state index is 11.9. The van der Waals surface area contributed by atoms with Crippen LogP contribution in [0, 0.1) is 5.92 Å². The average molecular weight is 323 g/mol. The van der Waals surface area contributed by atoms with Gasteiger partial charge in [0.2, 0.25) is 5.91 Å². The topological polar surface area (TPSA) is 29.1 Å². The van der Waals surface area contributed by atoms with Crippen molar-refractivity contribution in [3.05, 3.63) is 70.8 Å². The summed E-state index contributed by atoms with van der Waals surface area (Å²) in [6.07, 6.45) is 3.10. The number of rotatable bonds is 4. The van der Waals surface area contributed by atoms with Crippen molar-refractivity contribution in [1.29, 1.82) is 0 Å². The van der Waals surface area contributed by atoms with E-state index in [0.717, 1.165) is 13.0 Å². The lowest BCUT2D eigenvalue weighted by Gasteiger charge is -2.45. The zero-order valence-electron chi connectivity index (χ0n) is 13.3. The fourth-order valence-corrected chi connectivity index (χ4v) is 4.75. The summed E-state index contributed by atoms with van der Waals surface area (Å²) in [6, 6.07) is 17.7. The summed E-state index contributed by atoms with van der Waals surface area (Å²) >= 11 is 1.58. The number of benzene rings is 2. The number of hydrogen-bond donors (Lipinski definition) is 1. The Labute approximate surface area is 141 Å². The minimum absolute atomic E-state index is 0.153. The van der Waals surface area contributed by atoms with E-state index in [1.165, 1.54) is 22.3 Å². The average Bonchev–Trinajstić information content (AvgIpc) is 2.60. The van der Waals surface area contributed by atoms with Gasteiger partial charge in [-0.15, -0.1) is 0 Å². The van der Waals surface area contributed by atoms with E-state index in [0.29, 0.717) is 23.5 Å². The highest BCUT2D eigenvalue weighted by Gasteiger charge is 2.42. The van der Waals surface area contributed by atoms with Crippen LogP contribution < -0.4 is 5.32 Å². The van der Waals surface area contributed by atoms with Gasteiger partial charge in [0, 0.05) is 18.4 Å². The molecule has 0 heterocycles. The second kappa shape index (κ2) is 6.04. The molecule has 0 saturated carbocycles. The first-order chi connectivity index (χ1) is 11.3.